The first kappa shape index (κ1) is 16.9. The summed E-state index contributed by atoms with van der Waals surface area (Å²) in [7, 11) is -2.07. The lowest BCUT2D eigenvalue weighted by Gasteiger charge is -2.39. The quantitative estimate of drug-likeness (QED) is 0.777. The van der Waals surface area contributed by atoms with Gasteiger partial charge in [0.2, 0.25) is 0 Å². The third-order valence-corrected chi connectivity index (χ3v) is 5.75. The molecule has 3 rings (SSSR count). The van der Waals surface area contributed by atoms with E-state index in [4.69, 9.17) is 9.47 Å². The molecule has 1 aliphatic heterocycles. The van der Waals surface area contributed by atoms with E-state index < -0.39 is 10.4 Å². The minimum atomic E-state index is -3.56. The first-order valence-electron chi connectivity index (χ1n) is 7.47. The second kappa shape index (κ2) is 6.51. The fourth-order valence-corrected chi connectivity index (χ4v) is 4.05. The Balaban J connectivity index is 1.65. The number of ether oxygens (including phenoxy) is 2. The molecule has 7 heteroatoms. The summed E-state index contributed by atoms with van der Waals surface area (Å²) in [6, 6.07) is 10.6. The number of benzene rings is 2. The maximum absolute atomic E-state index is 13.1. The van der Waals surface area contributed by atoms with Crippen LogP contribution in [-0.4, -0.2) is 35.2 Å². The average Bonchev–Trinajstić information content (AvgIpc) is 2.52. The number of rotatable bonds is 5. The van der Waals surface area contributed by atoms with Gasteiger partial charge in [-0.3, -0.25) is 0 Å². The fraction of sp³-hybridized carbons (Fsp3) is 0.294. The van der Waals surface area contributed by atoms with Gasteiger partial charge in [0.1, 0.15) is 23.4 Å². The van der Waals surface area contributed by atoms with Crippen molar-refractivity contribution in [3.63, 3.8) is 0 Å². The Hall–Kier alpha value is -1.96. The van der Waals surface area contributed by atoms with Crippen LogP contribution in [0.5, 0.6) is 11.5 Å². The van der Waals surface area contributed by atoms with Gasteiger partial charge in [-0.2, -0.15) is 0 Å². The van der Waals surface area contributed by atoms with Crippen LogP contribution in [0.25, 0.3) is 0 Å². The molecule has 0 bridgehead atoms. The number of hydrogen-bond donors (Lipinski definition) is 0. The molecule has 1 unspecified atom stereocenters. The largest absolute Gasteiger partial charge is 0.593 e. The van der Waals surface area contributed by atoms with Gasteiger partial charge in [-0.25, -0.2) is 4.39 Å². The predicted molar refractivity (Wildman–Crippen MR) is 87.2 cm³/mol. The summed E-state index contributed by atoms with van der Waals surface area (Å²) in [6.45, 7) is 2.27. The van der Waals surface area contributed by atoms with Crippen molar-refractivity contribution in [2.24, 2.45) is 0 Å². The molecule has 1 heterocycles. The molecular formula is C17H18FNO4S. The van der Waals surface area contributed by atoms with E-state index in [0.29, 0.717) is 17.1 Å². The van der Waals surface area contributed by atoms with Gasteiger partial charge in [0.05, 0.1) is 20.2 Å². The summed E-state index contributed by atoms with van der Waals surface area (Å²) in [5.41, 5.74) is 0.684. The maximum Gasteiger partial charge on any atom is 0.179 e. The molecule has 2 aromatic rings. The monoisotopic (exact) mass is 351 g/mol. The van der Waals surface area contributed by atoms with Crippen molar-refractivity contribution in [2.75, 3.05) is 20.2 Å². The average molecular weight is 351 g/mol. The summed E-state index contributed by atoms with van der Waals surface area (Å²) >= 11 is 0. The van der Waals surface area contributed by atoms with Gasteiger partial charge in [-0.05, 0) is 42.8 Å². The van der Waals surface area contributed by atoms with Gasteiger partial charge in [0, 0.05) is 6.07 Å². The van der Waals surface area contributed by atoms with Crippen molar-refractivity contribution < 1.29 is 22.6 Å². The van der Waals surface area contributed by atoms with Crippen LogP contribution in [0.15, 0.2) is 47.4 Å². The summed E-state index contributed by atoms with van der Waals surface area (Å²) in [5, 5.41) is 0. The minimum absolute atomic E-state index is 0.193. The van der Waals surface area contributed by atoms with Gasteiger partial charge in [0.15, 0.2) is 15.3 Å². The van der Waals surface area contributed by atoms with Crippen LogP contribution >= 0.6 is 0 Å². The lowest BCUT2D eigenvalue weighted by Crippen LogP contribution is -2.58. The van der Waals surface area contributed by atoms with E-state index in [1.165, 1.54) is 35.7 Å². The first-order valence-corrected chi connectivity index (χ1v) is 8.91. The van der Waals surface area contributed by atoms with E-state index in [1.54, 1.807) is 25.1 Å². The smallest absolute Gasteiger partial charge is 0.179 e. The number of sulfonamides is 1. The molecule has 0 spiro atoms. The Kier molecular flexibility index (Phi) is 4.58. The molecule has 1 aliphatic rings. The lowest BCUT2D eigenvalue weighted by molar-refractivity contribution is 0.0697. The van der Waals surface area contributed by atoms with Gasteiger partial charge >= 0.3 is 0 Å². The van der Waals surface area contributed by atoms with Crippen molar-refractivity contribution >= 4 is 10.4 Å². The second-order valence-corrected chi connectivity index (χ2v) is 7.59. The minimum Gasteiger partial charge on any atom is -0.593 e. The fourth-order valence-electron chi connectivity index (χ4n) is 2.51. The molecule has 5 nitrogen and oxygen atoms in total. The van der Waals surface area contributed by atoms with Gasteiger partial charge in [0.25, 0.3) is 0 Å². The summed E-state index contributed by atoms with van der Waals surface area (Å²) < 4.78 is 50.4. The Morgan fingerprint density at radius 1 is 1.25 bits per heavy atom. The van der Waals surface area contributed by atoms with Crippen molar-refractivity contribution in [3.8, 4) is 11.5 Å². The molecule has 0 aromatic heterocycles. The van der Waals surface area contributed by atoms with Crippen molar-refractivity contribution in [1.29, 1.82) is 0 Å². The number of nitrogens with zero attached hydrogens (tertiary/aromatic N) is 1. The summed E-state index contributed by atoms with van der Waals surface area (Å²) in [4.78, 5) is 0.193. The standard InChI is InChI=1S/C17H18FNO4S/c1-12-8-13(18)6-7-17(12)23-15-10-19(11-15)24(20,21)16-5-3-4-14(9-16)22-2/h3-9,15H,10-11H2,1-2H3. The third kappa shape index (κ3) is 3.28. The zero-order chi connectivity index (χ0) is 17.3. The predicted octanol–water partition coefficient (Wildman–Crippen LogP) is 2.81. The molecule has 2 aromatic carbocycles. The molecule has 1 fully saturated rings. The zero-order valence-electron chi connectivity index (χ0n) is 13.4. The highest BCUT2D eigenvalue weighted by Crippen LogP contribution is 2.31. The Bertz CT molecular complexity index is 792. The van der Waals surface area contributed by atoms with Crippen molar-refractivity contribution in [1.82, 2.24) is 4.31 Å². The molecule has 0 saturated carbocycles. The molecule has 0 amide bonds. The molecule has 0 radical (unpaired) electrons. The highest BCUT2D eigenvalue weighted by atomic mass is 32.3. The van der Waals surface area contributed by atoms with Gasteiger partial charge < -0.3 is 14.0 Å². The highest BCUT2D eigenvalue weighted by molar-refractivity contribution is 7.95. The van der Waals surface area contributed by atoms with Crippen LogP contribution in [0.2, 0.25) is 0 Å². The van der Waals surface area contributed by atoms with Gasteiger partial charge in [-0.15, -0.1) is 4.31 Å². The van der Waals surface area contributed by atoms with E-state index in [1.807, 2.05) is 0 Å². The van der Waals surface area contributed by atoms with Crippen molar-refractivity contribution in [2.45, 2.75) is 17.9 Å². The molecule has 1 atom stereocenters. The van der Waals surface area contributed by atoms with Crippen LogP contribution in [0, 0.1) is 12.7 Å². The molecular weight excluding hydrogens is 333 g/mol. The Morgan fingerprint density at radius 3 is 2.67 bits per heavy atom. The summed E-state index contributed by atoms with van der Waals surface area (Å²) in [5.74, 6) is 0.738. The summed E-state index contributed by atoms with van der Waals surface area (Å²) in [6.07, 6.45) is -0.241. The van der Waals surface area contributed by atoms with E-state index in [0.717, 1.165) is 0 Å². The van der Waals surface area contributed by atoms with E-state index >= 15 is 0 Å². The van der Waals surface area contributed by atoms with Crippen molar-refractivity contribution in [3.05, 3.63) is 53.8 Å². The lowest BCUT2D eigenvalue weighted by atomic mass is 10.2. The topological polar surface area (TPSA) is 61.8 Å². The van der Waals surface area contributed by atoms with Gasteiger partial charge in [-0.1, -0.05) is 10.3 Å². The Morgan fingerprint density at radius 2 is 2.00 bits per heavy atom. The molecule has 0 N–H and O–H groups in total. The second-order valence-electron chi connectivity index (χ2n) is 5.65. The first-order chi connectivity index (χ1) is 11.4. The number of methoxy groups -OCH3 is 1. The molecule has 128 valence electrons. The van der Waals surface area contributed by atoms with E-state index in [9.17, 15) is 13.2 Å². The Labute approximate surface area is 141 Å². The SMILES string of the molecule is COc1cccc([S+](=O)([O-])N2CC(Oc3ccc(F)cc3C)C2)c1. The maximum atomic E-state index is 13.1. The number of hydrogen-bond acceptors (Lipinski definition) is 4. The zero-order valence-corrected chi connectivity index (χ0v) is 14.2. The number of halogens is 1. The molecule has 0 aliphatic carbocycles. The normalized spacial score (nSPS) is 17.8. The number of aryl methyl sites for hydroxylation is 1. The van der Waals surface area contributed by atoms with Crippen LogP contribution < -0.4 is 9.47 Å². The molecule has 24 heavy (non-hydrogen) atoms. The van der Waals surface area contributed by atoms with E-state index in [-0.39, 0.29) is 29.9 Å². The van der Waals surface area contributed by atoms with Crippen LogP contribution in [0.1, 0.15) is 5.56 Å². The van der Waals surface area contributed by atoms with Crippen LogP contribution in [0.4, 0.5) is 4.39 Å². The third-order valence-electron chi connectivity index (χ3n) is 3.92. The van der Waals surface area contributed by atoms with E-state index in [2.05, 4.69) is 0 Å². The molecule has 1 saturated heterocycles. The van der Waals surface area contributed by atoms with Crippen LogP contribution in [0.3, 0.4) is 0 Å². The highest BCUT2D eigenvalue weighted by Gasteiger charge is 2.42. The van der Waals surface area contributed by atoms with Crippen LogP contribution in [-0.2, 0) is 14.6 Å².